The monoisotopic (exact) mass is 422 g/mol. The first-order valence-electron chi connectivity index (χ1n) is 9.63. The molecule has 154 valence electrons. The Morgan fingerprint density at radius 2 is 1.73 bits per heavy atom. The van der Waals surface area contributed by atoms with Gasteiger partial charge in [0.25, 0.3) is 5.91 Å². The quantitative estimate of drug-likeness (QED) is 0.622. The number of sulfonamides is 1. The summed E-state index contributed by atoms with van der Waals surface area (Å²) in [4.78, 5) is 14.9. The van der Waals surface area contributed by atoms with Crippen LogP contribution in [0.3, 0.4) is 0 Å². The third kappa shape index (κ3) is 4.16. The Labute approximate surface area is 175 Å². The van der Waals surface area contributed by atoms with Crippen LogP contribution in [0.15, 0.2) is 66.7 Å². The Kier molecular flexibility index (Phi) is 5.22. The molecule has 0 unspecified atom stereocenters. The third-order valence-corrected chi connectivity index (χ3v) is 5.69. The molecular formula is C23H22N2O4S. The van der Waals surface area contributed by atoms with Gasteiger partial charge >= 0.3 is 0 Å². The van der Waals surface area contributed by atoms with Gasteiger partial charge in [-0.1, -0.05) is 42.5 Å². The molecule has 0 spiro atoms. The lowest BCUT2D eigenvalue weighted by atomic mass is 9.97. The number of fused-ring (bicyclic) bond motifs is 1. The lowest BCUT2D eigenvalue weighted by molar-refractivity contribution is 0.0988. The van der Waals surface area contributed by atoms with Crippen LogP contribution in [0.2, 0.25) is 0 Å². The van der Waals surface area contributed by atoms with Crippen molar-refractivity contribution >= 4 is 27.3 Å². The van der Waals surface area contributed by atoms with E-state index in [1.165, 1.54) is 12.1 Å². The second-order valence-electron chi connectivity index (χ2n) is 7.37. The van der Waals surface area contributed by atoms with E-state index in [2.05, 4.69) is 10.8 Å². The lowest BCUT2D eigenvalue weighted by Gasteiger charge is -2.22. The number of amides is 1. The maximum atomic E-state index is 13.3. The fourth-order valence-electron chi connectivity index (χ4n) is 3.71. The van der Waals surface area contributed by atoms with Gasteiger partial charge in [-0.15, -0.1) is 0 Å². The molecule has 2 N–H and O–H groups in total. The molecule has 6 nitrogen and oxygen atoms in total. The summed E-state index contributed by atoms with van der Waals surface area (Å²) in [7, 11) is -3.56. The van der Waals surface area contributed by atoms with Gasteiger partial charge in [0, 0.05) is 17.8 Å². The molecule has 4 rings (SSSR count). The van der Waals surface area contributed by atoms with Gasteiger partial charge in [0.2, 0.25) is 10.0 Å². The highest BCUT2D eigenvalue weighted by Crippen LogP contribution is 2.32. The Morgan fingerprint density at radius 1 is 0.967 bits per heavy atom. The number of phenolic OH excluding ortho intramolecular Hbond substituents is 1. The van der Waals surface area contributed by atoms with E-state index in [9.17, 15) is 18.3 Å². The zero-order chi connectivity index (χ0) is 21.3. The van der Waals surface area contributed by atoms with Gasteiger partial charge in [-0.25, -0.2) is 8.42 Å². The highest BCUT2D eigenvalue weighted by atomic mass is 32.2. The fraction of sp³-hybridized carbons (Fsp3) is 0.174. The average Bonchev–Trinajstić information content (AvgIpc) is 2.88. The molecule has 0 aliphatic carbocycles. The minimum atomic E-state index is -3.56. The minimum Gasteiger partial charge on any atom is -0.506 e. The number of hydrogen-bond donors (Lipinski definition) is 2. The molecule has 1 aliphatic heterocycles. The molecule has 1 aliphatic rings. The van der Waals surface area contributed by atoms with Crippen molar-refractivity contribution in [2.24, 2.45) is 0 Å². The average molecular weight is 423 g/mol. The summed E-state index contributed by atoms with van der Waals surface area (Å²) in [6.45, 7) is 0.497. The van der Waals surface area contributed by atoms with Crippen molar-refractivity contribution < 1.29 is 18.3 Å². The highest BCUT2D eigenvalue weighted by molar-refractivity contribution is 7.92. The van der Waals surface area contributed by atoms with Crippen molar-refractivity contribution in [1.29, 1.82) is 0 Å². The van der Waals surface area contributed by atoms with Gasteiger partial charge in [0.05, 0.1) is 11.9 Å². The summed E-state index contributed by atoms with van der Waals surface area (Å²) < 4.78 is 25.4. The van der Waals surface area contributed by atoms with Crippen molar-refractivity contribution in [3.05, 3.63) is 77.9 Å². The molecule has 7 heteroatoms. The van der Waals surface area contributed by atoms with Crippen LogP contribution < -0.4 is 9.62 Å². The second-order valence-corrected chi connectivity index (χ2v) is 9.12. The summed E-state index contributed by atoms with van der Waals surface area (Å²) >= 11 is 0. The molecular weight excluding hydrogens is 400 g/mol. The molecule has 1 amide bonds. The van der Waals surface area contributed by atoms with Crippen LogP contribution in [0.4, 0.5) is 11.4 Å². The molecule has 0 fully saturated rings. The SMILES string of the molecule is CS(=O)(=O)Nc1cc(N2CCCc3cc(-c4ccccc4)ccc3C2=O)ccc1O. The minimum absolute atomic E-state index is 0.0479. The number of carbonyl (C=O) groups excluding carboxylic acids is 1. The predicted octanol–water partition coefficient (Wildman–Crippen LogP) is 4.02. The van der Waals surface area contributed by atoms with Crippen LogP contribution in [-0.2, 0) is 16.4 Å². The Hall–Kier alpha value is -3.32. The molecule has 3 aromatic carbocycles. The summed E-state index contributed by atoms with van der Waals surface area (Å²) in [6.07, 6.45) is 2.55. The summed E-state index contributed by atoms with van der Waals surface area (Å²) in [5.74, 6) is -0.336. The van der Waals surface area contributed by atoms with Crippen molar-refractivity contribution in [2.75, 3.05) is 22.4 Å². The number of phenols is 1. The van der Waals surface area contributed by atoms with E-state index < -0.39 is 10.0 Å². The number of nitrogens with zero attached hydrogens (tertiary/aromatic N) is 1. The first kappa shape index (κ1) is 20.0. The van der Waals surface area contributed by atoms with Crippen molar-refractivity contribution in [3.63, 3.8) is 0 Å². The van der Waals surface area contributed by atoms with Crippen LogP contribution in [0.5, 0.6) is 5.75 Å². The van der Waals surface area contributed by atoms with Crippen LogP contribution in [0.1, 0.15) is 22.3 Å². The predicted molar refractivity (Wildman–Crippen MR) is 118 cm³/mol. The van der Waals surface area contributed by atoms with Gasteiger partial charge in [0.1, 0.15) is 5.75 Å². The number of benzene rings is 3. The van der Waals surface area contributed by atoms with E-state index in [1.54, 1.807) is 11.0 Å². The maximum absolute atomic E-state index is 13.3. The van der Waals surface area contributed by atoms with Crippen molar-refractivity contribution in [3.8, 4) is 16.9 Å². The molecule has 0 saturated heterocycles. The zero-order valence-electron chi connectivity index (χ0n) is 16.5. The number of carbonyl (C=O) groups is 1. The zero-order valence-corrected chi connectivity index (χ0v) is 17.3. The van der Waals surface area contributed by atoms with Gasteiger partial charge in [-0.3, -0.25) is 9.52 Å². The number of aryl methyl sites for hydroxylation is 1. The van der Waals surface area contributed by atoms with E-state index in [0.717, 1.165) is 35.8 Å². The number of rotatable bonds is 4. The highest BCUT2D eigenvalue weighted by Gasteiger charge is 2.25. The lowest BCUT2D eigenvalue weighted by Crippen LogP contribution is -2.30. The van der Waals surface area contributed by atoms with Crippen molar-refractivity contribution in [2.45, 2.75) is 12.8 Å². The van der Waals surface area contributed by atoms with E-state index in [1.807, 2.05) is 42.5 Å². The van der Waals surface area contributed by atoms with Crippen LogP contribution >= 0.6 is 0 Å². The topological polar surface area (TPSA) is 86.7 Å². The third-order valence-electron chi connectivity index (χ3n) is 5.10. The molecule has 0 aromatic heterocycles. The first-order valence-corrected chi connectivity index (χ1v) is 11.5. The number of hydrogen-bond acceptors (Lipinski definition) is 4. The number of nitrogens with one attached hydrogen (secondary N) is 1. The largest absolute Gasteiger partial charge is 0.506 e. The number of anilines is 2. The molecule has 1 heterocycles. The normalized spacial score (nSPS) is 14.2. The van der Waals surface area contributed by atoms with Crippen LogP contribution in [0.25, 0.3) is 11.1 Å². The van der Waals surface area contributed by atoms with Crippen LogP contribution in [-0.4, -0.2) is 32.2 Å². The van der Waals surface area contributed by atoms with E-state index in [0.29, 0.717) is 17.8 Å². The van der Waals surface area contributed by atoms with Crippen LogP contribution in [0, 0.1) is 0 Å². The van der Waals surface area contributed by atoms with E-state index in [4.69, 9.17) is 0 Å². The summed E-state index contributed by atoms with van der Waals surface area (Å²) in [5, 5.41) is 9.98. The Bertz CT molecular complexity index is 1210. The van der Waals surface area contributed by atoms with Gasteiger partial charge in [-0.05, 0) is 53.8 Å². The van der Waals surface area contributed by atoms with Gasteiger partial charge < -0.3 is 10.0 Å². The number of aromatic hydroxyl groups is 1. The van der Waals surface area contributed by atoms with E-state index >= 15 is 0 Å². The summed E-state index contributed by atoms with van der Waals surface area (Å²) in [6, 6.07) is 20.4. The van der Waals surface area contributed by atoms with Crippen molar-refractivity contribution in [1.82, 2.24) is 0 Å². The molecule has 0 bridgehead atoms. The van der Waals surface area contributed by atoms with E-state index in [-0.39, 0.29) is 17.3 Å². The Morgan fingerprint density at radius 3 is 2.47 bits per heavy atom. The standard InChI is InChI=1S/C23H22N2O4S/c1-30(28,29)24-21-15-19(10-12-22(21)26)25-13-5-8-18-14-17(9-11-20(18)23(25)27)16-6-3-2-4-7-16/h2-4,6-7,9-12,14-15,24,26H,5,8,13H2,1H3. The molecule has 30 heavy (non-hydrogen) atoms. The second kappa shape index (κ2) is 7.84. The first-order chi connectivity index (χ1) is 14.3. The molecule has 0 atom stereocenters. The molecule has 3 aromatic rings. The van der Waals surface area contributed by atoms with Gasteiger partial charge in [-0.2, -0.15) is 0 Å². The molecule has 0 radical (unpaired) electrons. The van der Waals surface area contributed by atoms with Gasteiger partial charge in [0.15, 0.2) is 0 Å². The molecule has 0 saturated carbocycles. The fourth-order valence-corrected chi connectivity index (χ4v) is 4.28. The summed E-state index contributed by atoms with van der Waals surface area (Å²) in [5.41, 5.74) is 4.38. The maximum Gasteiger partial charge on any atom is 0.258 e. The Balaban J connectivity index is 1.69. The smallest absolute Gasteiger partial charge is 0.258 e.